The molecule has 0 atom stereocenters. The number of hydrogen-bond acceptors (Lipinski definition) is 5. The third-order valence-electron chi connectivity index (χ3n) is 1.89. The summed E-state index contributed by atoms with van der Waals surface area (Å²) in [6, 6.07) is 0. The normalized spacial score (nSPS) is 12.3. The predicted octanol–water partition coefficient (Wildman–Crippen LogP) is -0.309. The van der Waals surface area contributed by atoms with E-state index >= 15 is 0 Å². The molecule has 0 aromatic heterocycles. The van der Waals surface area contributed by atoms with E-state index in [2.05, 4.69) is 4.52 Å². The Morgan fingerprint density at radius 1 is 1.00 bits per heavy atom. The summed E-state index contributed by atoms with van der Waals surface area (Å²) in [6.45, 7) is 2.86. The van der Waals surface area contributed by atoms with Gasteiger partial charge in [0.05, 0.1) is 19.8 Å². The van der Waals surface area contributed by atoms with Gasteiger partial charge >= 0.3 is 7.82 Å². The fraction of sp³-hybridized carbons (Fsp3) is 1.00. The molecule has 7 nitrogen and oxygen atoms in total. The molecule has 0 rings (SSSR count). The minimum Gasteiger partial charge on any atom is -0.383 e. The first-order chi connectivity index (χ1) is 7.49. The van der Waals surface area contributed by atoms with Crippen LogP contribution in [0.4, 0.5) is 0 Å². The standard InChI is InChI=1S/C8H20NO6P/c1-13-6-3-9(4-7-14-2)5-8-15-16(10,11)12/h3-8H2,1-2H3,(H2,10,11,12). The molecule has 0 aliphatic rings. The van der Waals surface area contributed by atoms with Crippen LogP contribution < -0.4 is 0 Å². The zero-order chi connectivity index (χ0) is 12.4. The van der Waals surface area contributed by atoms with E-state index in [9.17, 15) is 4.57 Å². The molecule has 0 fully saturated rings. The highest BCUT2D eigenvalue weighted by Gasteiger charge is 2.14. The molecule has 0 amide bonds. The number of nitrogens with zero attached hydrogens (tertiary/aromatic N) is 1. The molecule has 8 heteroatoms. The van der Waals surface area contributed by atoms with Crippen LogP contribution in [0.25, 0.3) is 0 Å². The molecule has 98 valence electrons. The van der Waals surface area contributed by atoms with Gasteiger partial charge in [-0.3, -0.25) is 9.42 Å². The Hall–Kier alpha value is -0.0100. The van der Waals surface area contributed by atoms with E-state index in [0.717, 1.165) is 0 Å². The molecule has 0 radical (unpaired) electrons. The van der Waals surface area contributed by atoms with Gasteiger partial charge in [0.2, 0.25) is 0 Å². The zero-order valence-corrected chi connectivity index (χ0v) is 10.6. The molecule has 0 aromatic carbocycles. The third kappa shape index (κ3) is 10.5. The van der Waals surface area contributed by atoms with Gasteiger partial charge in [-0.1, -0.05) is 0 Å². The molecule has 16 heavy (non-hydrogen) atoms. The van der Waals surface area contributed by atoms with Gasteiger partial charge in [0.15, 0.2) is 0 Å². The highest BCUT2D eigenvalue weighted by Crippen LogP contribution is 2.35. The number of ether oxygens (including phenoxy) is 2. The van der Waals surface area contributed by atoms with E-state index in [4.69, 9.17) is 19.3 Å². The minimum absolute atomic E-state index is 0.0162. The highest BCUT2D eigenvalue weighted by atomic mass is 31.2. The Balaban J connectivity index is 3.76. The molecule has 0 spiro atoms. The van der Waals surface area contributed by atoms with Crippen LogP contribution in [0.3, 0.4) is 0 Å². The summed E-state index contributed by atoms with van der Waals surface area (Å²) in [5.41, 5.74) is 0. The van der Waals surface area contributed by atoms with E-state index < -0.39 is 7.82 Å². The lowest BCUT2D eigenvalue weighted by Crippen LogP contribution is -2.33. The average Bonchev–Trinajstić information content (AvgIpc) is 2.19. The first-order valence-corrected chi connectivity index (χ1v) is 6.43. The van der Waals surface area contributed by atoms with Gasteiger partial charge in [0, 0.05) is 33.9 Å². The lowest BCUT2D eigenvalue weighted by atomic mass is 10.4. The quantitative estimate of drug-likeness (QED) is 0.519. The maximum atomic E-state index is 10.4. The molecule has 0 saturated heterocycles. The van der Waals surface area contributed by atoms with Crippen LogP contribution in [0.5, 0.6) is 0 Å². The molecule has 0 bridgehead atoms. The minimum atomic E-state index is -4.36. The number of phosphoric acid groups is 1. The number of phosphoric ester groups is 1. The number of rotatable bonds is 10. The van der Waals surface area contributed by atoms with E-state index in [1.165, 1.54) is 0 Å². The summed E-state index contributed by atoms with van der Waals surface area (Å²) in [6.07, 6.45) is 0. The maximum Gasteiger partial charge on any atom is 0.469 e. The topological polar surface area (TPSA) is 88.5 Å². The monoisotopic (exact) mass is 257 g/mol. The van der Waals surface area contributed by atoms with Crippen molar-refractivity contribution in [3.8, 4) is 0 Å². The van der Waals surface area contributed by atoms with Gasteiger partial charge in [-0.15, -0.1) is 0 Å². The summed E-state index contributed by atoms with van der Waals surface area (Å²) in [5.74, 6) is 0. The number of hydrogen-bond donors (Lipinski definition) is 2. The molecule has 2 N–H and O–H groups in total. The molecular formula is C8H20NO6P. The smallest absolute Gasteiger partial charge is 0.383 e. The Kier molecular flexibility index (Phi) is 9.06. The van der Waals surface area contributed by atoms with Crippen molar-refractivity contribution in [3.05, 3.63) is 0 Å². The lowest BCUT2D eigenvalue weighted by Gasteiger charge is -2.21. The average molecular weight is 257 g/mol. The van der Waals surface area contributed by atoms with Crippen molar-refractivity contribution in [2.24, 2.45) is 0 Å². The molecular weight excluding hydrogens is 237 g/mol. The Bertz CT molecular complexity index is 201. The Morgan fingerprint density at radius 2 is 1.44 bits per heavy atom. The summed E-state index contributed by atoms with van der Waals surface area (Å²) in [4.78, 5) is 19.0. The summed E-state index contributed by atoms with van der Waals surface area (Å²) < 4.78 is 24.7. The fourth-order valence-corrected chi connectivity index (χ4v) is 1.38. The van der Waals surface area contributed by atoms with E-state index in [-0.39, 0.29) is 6.61 Å². The van der Waals surface area contributed by atoms with E-state index in [1.807, 2.05) is 4.90 Å². The highest BCUT2D eigenvalue weighted by molar-refractivity contribution is 7.46. The van der Waals surface area contributed by atoms with Gasteiger partial charge in [-0.2, -0.15) is 0 Å². The van der Waals surface area contributed by atoms with Crippen LogP contribution in [0.15, 0.2) is 0 Å². The van der Waals surface area contributed by atoms with Crippen LogP contribution in [0.1, 0.15) is 0 Å². The van der Waals surface area contributed by atoms with Gasteiger partial charge < -0.3 is 19.3 Å². The van der Waals surface area contributed by atoms with E-state index in [0.29, 0.717) is 32.8 Å². The van der Waals surface area contributed by atoms with Crippen LogP contribution in [0.2, 0.25) is 0 Å². The van der Waals surface area contributed by atoms with E-state index in [1.54, 1.807) is 14.2 Å². The summed E-state index contributed by atoms with van der Waals surface area (Å²) >= 11 is 0. The fourth-order valence-electron chi connectivity index (χ4n) is 1.07. The lowest BCUT2D eigenvalue weighted by molar-refractivity contribution is 0.0975. The van der Waals surface area contributed by atoms with Gasteiger partial charge in [0.1, 0.15) is 0 Å². The Labute approximate surface area is 95.5 Å². The molecule has 0 aromatic rings. The maximum absolute atomic E-state index is 10.4. The molecule has 0 heterocycles. The second-order valence-electron chi connectivity index (χ2n) is 3.15. The van der Waals surface area contributed by atoms with Crippen LogP contribution >= 0.6 is 7.82 Å². The van der Waals surface area contributed by atoms with Crippen molar-refractivity contribution < 1.29 is 28.3 Å². The molecule has 0 saturated carbocycles. The Morgan fingerprint density at radius 3 is 1.81 bits per heavy atom. The summed E-state index contributed by atoms with van der Waals surface area (Å²) in [7, 11) is -1.17. The van der Waals surface area contributed by atoms with Gasteiger partial charge in [-0.25, -0.2) is 4.57 Å². The summed E-state index contributed by atoms with van der Waals surface area (Å²) in [5, 5.41) is 0. The SMILES string of the molecule is COCCN(CCOC)CCOP(=O)(O)O. The first-order valence-electron chi connectivity index (χ1n) is 4.90. The number of methoxy groups -OCH3 is 2. The predicted molar refractivity (Wildman–Crippen MR) is 58.2 cm³/mol. The first kappa shape index (κ1) is 16.0. The second kappa shape index (κ2) is 9.07. The van der Waals surface area contributed by atoms with Crippen molar-refractivity contribution in [3.63, 3.8) is 0 Å². The zero-order valence-electron chi connectivity index (χ0n) is 9.66. The van der Waals surface area contributed by atoms with Crippen LogP contribution in [-0.4, -0.2) is 68.4 Å². The molecule has 0 unspecified atom stereocenters. The van der Waals surface area contributed by atoms with Crippen LogP contribution in [-0.2, 0) is 18.6 Å². The van der Waals surface area contributed by atoms with Crippen molar-refractivity contribution in [1.82, 2.24) is 4.90 Å². The van der Waals surface area contributed by atoms with Crippen molar-refractivity contribution in [2.45, 2.75) is 0 Å². The van der Waals surface area contributed by atoms with Crippen molar-refractivity contribution >= 4 is 7.82 Å². The van der Waals surface area contributed by atoms with Gasteiger partial charge in [0.25, 0.3) is 0 Å². The molecule has 0 aliphatic carbocycles. The molecule has 0 aliphatic heterocycles. The van der Waals surface area contributed by atoms with Crippen LogP contribution in [0, 0.1) is 0 Å². The van der Waals surface area contributed by atoms with Crippen molar-refractivity contribution in [2.75, 3.05) is 53.7 Å². The van der Waals surface area contributed by atoms with Gasteiger partial charge in [-0.05, 0) is 0 Å². The second-order valence-corrected chi connectivity index (χ2v) is 4.39. The van der Waals surface area contributed by atoms with Crippen molar-refractivity contribution in [1.29, 1.82) is 0 Å². The third-order valence-corrected chi connectivity index (χ3v) is 2.41. The largest absolute Gasteiger partial charge is 0.469 e.